The summed E-state index contributed by atoms with van der Waals surface area (Å²) in [5.41, 5.74) is 2.51. The van der Waals surface area contributed by atoms with E-state index in [1.54, 1.807) is 0 Å². The molecule has 1 saturated heterocycles. The number of hydrogen-bond acceptors (Lipinski definition) is 2. The zero-order valence-corrected chi connectivity index (χ0v) is 14.4. The smallest absolute Gasteiger partial charge is 0.0655 e. The number of H-pyrrole nitrogens is 1. The van der Waals surface area contributed by atoms with Gasteiger partial charge in [0.1, 0.15) is 0 Å². The van der Waals surface area contributed by atoms with E-state index in [1.807, 2.05) is 23.9 Å². The highest BCUT2D eigenvalue weighted by Crippen LogP contribution is 2.40. The third-order valence-corrected chi connectivity index (χ3v) is 6.01. The summed E-state index contributed by atoms with van der Waals surface area (Å²) in [4.78, 5) is 5.91. The Bertz CT molecular complexity index is 821. The molecule has 0 saturated carbocycles. The van der Waals surface area contributed by atoms with Crippen LogP contribution in [-0.4, -0.2) is 18.1 Å². The van der Waals surface area contributed by atoms with E-state index < -0.39 is 0 Å². The lowest BCUT2D eigenvalue weighted by Crippen LogP contribution is -2.26. The van der Waals surface area contributed by atoms with Gasteiger partial charge >= 0.3 is 0 Å². The summed E-state index contributed by atoms with van der Waals surface area (Å²) in [5.74, 6) is 0.661. The first-order valence-corrected chi connectivity index (χ1v) is 9.25. The van der Waals surface area contributed by atoms with Crippen molar-refractivity contribution < 1.29 is 0 Å². The average Bonchev–Trinajstić information content (AvgIpc) is 3.01. The zero-order valence-electron chi connectivity index (χ0n) is 12.8. The highest BCUT2D eigenvalue weighted by molar-refractivity contribution is 7.99. The SMILES string of the molecule is Clc1cccc2c(Sc3ccccc3C3CCNCC3)c[nH]c12. The summed E-state index contributed by atoms with van der Waals surface area (Å²) in [5, 5.41) is 5.43. The molecule has 0 bridgehead atoms. The van der Waals surface area contributed by atoms with Crippen LogP contribution in [0.2, 0.25) is 5.02 Å². The van der Waals surface area contributed by atoms with Crippen LogP contribution in [-0.2, 0) is 0 Å². The number of nitrogens with one attached hydrogen (secondary N) is 2. The van der Waals surface area contributed by atoms with Gasteiger partial charge in [0.05, 0.1) is 10.5 Å². The van der Waals surface area contributed by atoms with Gasteiger partial charge in [-0.1, -0.05) is 53.7 Å². The minimum atomic E-state index is 0.661. The Hall–Kier alpha value is -1.42. The Kier molecular flexibility index (Phi) is 4.34. The molecule has 2 nitrogen and oxygen atoms in total. The van der Waals surface area contributed by atoms with E-state index in [4.69, 9.17) is 11.6 Å². The van der Waals surface area contributed by atoms with Crippen molar-refractivity contribution in [1.29, 1.82) is 0 Å². The number of hydrogen-bond donors (Lipinski definition) is 2. The predicted octanol–water partition coefficient (Wildman–Crippen LogP) is 5.44. The molecule has 0 radical (unpaired) electrons. The Morgan fingerprint density at radius 2 is 1.78 bits per heavy atom. The van der Waals surface area contributed by atoms with Crippen LogP contribution in [0.25, 0.3) is 10.9 Å². The lowest BCUT2D eigenvalue weighted by atomic mass is 9.90. The molecule has 2 heterocycles. The first kappa shape index (κ1) is 15.1. The number of benzene rings is 2. The molecule has 0 aliphatic carbocycles. The molecule has 0 spiro atoms. The summed E-state index contributed by atoms with van der Waals surface area (Å²) < 4.78 is 0. The Labute approximate surface area is 145 Å². The first-order chi connectivity index (χ1) is 11.3. The van der Waals surface area contributed by atoms with Crippen molar-refractivity contribution in [2.24, 2.45) is 0 Å². The van der Waals surface area contributed by atoms with Crippen LogP contribution >= 0.6 is 23.4 Å². The predicted molar refractivity (Wildman–Crippen MR) is 98.7 cm³/mol. The zero-order chi connectivity index (χ0) is 15.6. The van der Waals surface area contributed by atoms with E-state index in [1.165, 1.54) is 33.6 Å². The Balaban J connectivity index is 1.69. The number of aromatic nitrogens is 1. The maximum Gasteiger partial charge on any atom is 0.0655 e. The second-order valence-electron chi connectivity index (χ2n) is 5.98. The van der Waals surface area contributed by atoms with Crippen LogP contribution < -0.4 is 5.32 Å². The summed E-state index contributed by atoms with van der Waals surface area (Å²) >= 11 is 8.12. The molecule has 23 heavy (non-hydrogen) atoms. The fourth-order valence-electron chi connectivity index (χ4n) is 3.34. The van der Waals surface area contributed by atoms with Crippen LogP contribution in [0, 0.1) is 0 Å². The molecule has 3 aromatic rings. The molecule has 118 valence electrons. The molecular weight excluding hydrogens is 324 g/mol. The van der Waals surface area contributed by atoms with Crippen LogP contribution in [0.5, 0.6) is 0 Å². The number of aromatic amines is 1. The van der Waals surface area contributed by atoms with Gasteiger partial charge in [0.2, 0.25) is 0 Å². The quantitative estimate of drug-likeness (QED) is 0.663. The van der Waals surface area contributed by atoms with Crippen molar-refractivity contribution in [2.75, 3.05) is 13.1 Å². The summed E-state index contributed by atoms with van der Waals surface area (Å²) in [7, 11) is 0. The summed E-state index contributed by atoms with van der Waals surface area (Å²) in [6.45, 7) is 2.23. The van der Waals surface area contributed by atoms with Crippen molar-refractivity contribution in [3.8, 4) is 0 Å². The molecule has 2 N–H and O–H groups in total. The van der Waals surface area contributed by atoms with Crippen molar-refractivity contribution in [3.63, 3.8) is 0 Å². The summed E-state index contributed by atoms with van der Waals surface area (Å²) in [6.07, 6.45) is 4.51. The van der Waals surface area contributed by atoms with Gasteiger partial charge in [0.15, 0.2) is 0 Å². The average molecular weight is 343 g/mol. The van der Waals surface area contributed by atoms with Crippen molar-refractivity contribution in [3.05, 3.63) is 59.2 Å². The van der Waals surface area contributed by atoms with E-state index in [9.17, 15) is 0 Å². The third-order valence-electron chi connectivity index (χ3n) is 4.54. The van der Waals surface area contributed by atoms with Crippen LogP contribution in [0.3, 0.4) is 0 Å². The first-order valence-electron chi connectivity index (χ1n) is 8.06. The summed E-state index contributed by atoms with van der Waals surface area (Å²) in [6, 6.07) is 14.9. The molecule has 0 unspecified atom stereocenters. The maximum atomic E-state index is 6.28. The van der Waals surface area contributed by atoms with E-state index >= 15 is 0 Å². The Morgan fingerprint density at radius 1 is 0.957 bits per heavy atom. The minimum absolute atomic E-state index is 0.661. The van der Waals surface area contributed by atoms with Gasteiger partial charge in [-0.25, -0.2) is 0 Å². The van der Waals surface area contributed by atoms with E-state index in [2.05, 4.69) is 46.8 Å². The molecule has 0 atom stereocenters. The van der Waals surface area contributed by atoms with Gasteiger partial charge in [-0.05, 0) is 49.5 Å². The molecule has 4 heteroatoms. The molecule has 1 aliphatic heterocycles. The topological polar surface area (TPSA) is 27.8 Å². The van der Waals surface area contributed by atoms with Gasteiger partial charge in [-0.2, -0.15) is 0 Å². The normalized spacial score (nSPS) is 16.0. The second-order valence-corrected chi connectivity index (χ2v) is 7.47. The molecule has 0 amide bonds. The molecule has 1 aliphatic rings. The number of rotatable bonds is 3. The van der Waals surface area contributed by atoms with Gasteiger partial charge < -0.3 is 10.3 Å². The van der Waals surface area contributed by atoms with Gasteiger partial charge in [-0.15, -0.1) is 0 Å². The molecule has 1 fully saturated rings. The highest BCUT2D eigenvalue weighted by atomic mass is 35.5. The highest BCUT2D eigenvalue weighted by Gasteiger charge is 2.19. The van der Waals surface area contributed by atoms with E-state index in [-0.39, 0.29) is 0 Å². The molecule has 1 aromatic heterocycles. The standard InChI is InChI=1S/C19H19ClN2S/c20-16-6-3-5-15-18(12-22-19(15)16)23-17-7-2-1-4-14(17)13-8-10-21-11-9-13/h1-7,12-13,21-22H,8-11H2. The molecular formula is C19H19ClN2S. The van der Waals surface area contributed by atoms with Crippen molar-refractivity contribution in [1.82, 2.24) is 10.3 Å². The third kappa shape index (κ3) is 3.01. The number of piperidine rings is 1. The van der Waals surface area contributed by atoms with Crippen LogP contribution in [0.4, 0.5) is 0 Å². The van der Waals surface area contributed by atoms with Gasteiger partial charge in [0, 0.05) is 21.4 Å². The molecule has 4 rings (SSSR count). The van der Waals surface area contributed by atoms with Gasteiger partial charge in [0.25, 0.3) is 0 Å². The van der Waals surface area contributed by atoms with Crippen molar-refractivity contribution in [2.45, 2.75) is 28.6 Å². The van der Waals surface area contributed by atoms with E-state index in [0.29, 0.717) is 5.92 Å². The fraction of sp³-hybridized carbons (Fsp3) is 0.263. The number of halogens is 1. The number of fused-ring (bicyclic) bond motifs is 1. The lowest BCUT2D eigenvalue weighted by Gasteiger charge is -2.24. The molecule has 2 aromatic carbocycles. The Morgan fingerprint density at radius 3 is 2.65 bits per heavy atom. The van der Waals surface area contributed by atoms with Crippen LogP contribution in [0.15, 0.2) is 58.5 Å². The lowest BCUT2D eigenvalue weighted by molar-refractivity contribution is 0.456. The van der Waals surface area contributed by atoms with E-state index in [0.717, 1.165) is 23.6 Å². The largest absolute Gasteiger partial charge is 0.359 e. The monoisotopic (exact) mass is 342 g/mol. The maximum absolute atomic E-state index is 6.28. The van der Waals surface area contributed by atoms with Crippen LogP contribution in [0.1, 0.15) is 24.3 Å². The van der Waals surface area contributed by atoms with Crippen molar-refractivity contribution >= 4 is 34.3 Å². The van der Waals surface area contributed by atoms with Gasteiger partial charge in [-0.3, -0.25) is 0 Å². The fourth-order valence-corrected chi connectivity index (χ4v) is 4.70. The number of para-hydroxylation sites is 1. The minimum Gasteiger partial charge on any atom is -0.359 e. The second kappa shape index (κ2) is 6.60.